The van der Waals surface area contributed by atoms with Gasteiger partial charge in [0.25, 0.3) is 0 Å². The Kier molecular flexibility index (Phi) is 4.43. The van der Waals surface area contributed by atoms with Crippen LogP contribution < -0.4 is 4.74 Å². The van der Waals surface area contributed by atoms with Crippen LogP contribution in [0.25, 0.3) is 22.1 Å². The summed E-state index contributed by atoms with van der Waals surface area (Å²) in [5, 5.41) is 1.93. The van der Waals surface area contributed by atoms with Gasteiger partial charge in [-0.05, 0) is 42.6 Å². The van der Waals surface area contributed by atoms with Crippen LogP contribution in [-0.2, 0) is 4.74 Å². The van der Waals surface area contributed by atoms with Crippen LogP contribution in [0.15, 0.2) is 46.2 Å². The minimum atomic E-state index is -0.495. The van der Waals surface area contributed by atoms with E-state index in [1.807, 2.05) is 29.6 Å². The van der Waals surface area contributed by atoms with E-state index < -0.39 is 5.97 Å². The highest BCUT2D eigenvalue weighted by molar-refractivity contribution is 7.13. The molecule has 23 heavy (non-hydrogen) atoms. The van der Waals surface area contributed by atoms with E-state index in [-0.39, 0.29) is 12.3 Å². The lowest BCUT2D eigenvalue weighted by Crippen LogP contribution is -2.06. The molecule has 2 heterocycles. The fourth-order valence-corrected chi connectivity index (χ4v) is 2.75. The Morgan fingerprint density at radius 3 is 2.65 bits per heavy atom. The molecule has 0 saturated heterocycles. The molecular weight excluding hydrogens is 314 g/mol. The summed E-state index contributed by atoms with van der Waals surface area (Å²) in [5.41, 5.74) is 0.921. The van der Waals surface area contributed by atoms with Gasteiger partial charge < -0.3 is 13.9 Å². The molecule has 0 radical (unpaired) electrons. The van der Waals surface area contributed by atoms with Gasteiger partial charge in [-0.1, -0.05) is 6.07 Å². The molecule has 3 rings (SSSR count). The average Bonchev–Trinajstić information content (AvgIpc) is 3.24. The summed E-state index contributed by atoms with van der Waals surface area (Å²) in [4.78, 5) is 17.4. The largest absolute Gasteiger partial charge is 0.497 e. The predicted octanol–water partition coefficient (Wildman–Crippen LogP) is 4.26. The maximum atomic E-state index is 12.2. The molecule has 0 atom stereocenters. The molecule has 2 aromatic heterocycles. The number of nitrogens with zero attached hydrogens (tertiary/aromatic N) is 1. The van der Waals surface area contributed by atoms with Gasteiger partial charge in [0.1, 0.15) is 5.75 Å². The zero-order valence-electron chi connectivity index (χ0n) is 12.7. The number of oxazole rings is 1. The van der Waals surface area contributed by atoms with Crippen molar-refractivity contribution in [2.75, 3.05) is 13.7 Å². The van der Waals surface area contributed by atoms with Crippen molar-refractivity contribution in [3.05, 3.63) is 47.5 Å². The third-order valence-corrected chi connectivity index (χ3v) is 4.04. The van der Waals surface area contributed by atoms with Crippen LogP contribution in [0.5, 0.6) is 5.75 Å². The van der Waals surface area contributed by atoms with Gasteiger partial charge in [0.2, 0.25) is 5.89 Å². The lowest BCUT2D eigenvalue weighted by Gasteiger charge is -2.03. The van der Waals surface area contributed by atoms with E-state index >= 15 is 0 Å². The quantitative estimate of drug-likeness (QED) is 0.655. The van der Waals surface area contributed by atoms with E-state index in [9.17, 15) is 4.79 Å². The van der Waals surface area contributed by atoms with Gasteiger partial charge in [-0.2, -0.15) is 0 Å². The number of hydrogen-bond donors (Lipinski definition) is 0. The van der Waals surface area contributed by atoms with Crippen molar-refractivity contribution < 1.29 is 18.7 Å². The van der Waals surface area contributed by atoms with Crippen molar-refractivity contribution >= 4 is 17.3 Å². The van der Waals surface area contributed by atoms with E-state index in [0.29, 0.717) is 11.7 Å². The molecular formula is C17H15NO4S. The first-order valence-corrected chi connectivity index (χ1v) is 7.97. The monoisotopic (exact) mass is 329 g/mol. The lowest BCUT2D eigenvalue weighted by atomic mass is 10.1. The molecule has 0 aliphatic heterocycles. The Morgan fingerprint density at radius 2 is 2.04 bits per heavy atom. The van der Waals surface area contributed by atoms with Crippen molar-refractivity contribution in [2.45, 2.75) is 6.92 Å². The van der Waals surface area contributed by atoms with Crippen LogP contribution in [-0.4, -0.2) is 24.7 Å². The summed E-state index contributed by atoms with van der Waals surface area (Å²) in [6.45, 7) is 2.04. The highest BCUT2D eigenvalue weighted by Gasteiger charge is 2.23. The summed E-state index contributed by atoms with van der Waals surface area (Å²) >= 11 is 1.50. The molecule has 0 aliphatic rings. The minimum Gasteiger partial charge on any atom is -0.497 e. The van der Waals surface area contributed by atoms with Crippen molar-refractivity contribution in [1.82, 2.24) is 4.98 Å². The van der Waals surface area contributed by atoms with Gasteiger partial charge in [0.05, 0.1) is 18.6 Å². The highest BCUT2D eigenvalue weighted by atomic mass is 32.1. The fraction of sp³-hybridized carbons (Fsp3) is 0.176. The molecule has 118 valence electrons. The maximum absolute atomic E-state index is 12.2. The molecule has 0 N–H and O–H groups in total. The van der Waals surface area contributed by atoms with E-state index in [2.05, 4.69) is 4.98 Å². The van der Waals surface area contributed by atoms with E-state index in [0.717, 1.165) is 16.2 Å². The number of carbonyl (C=O) groups excluding carboxylic acids is 1. The van der Waals surface area contributed by atoms with Crippen LogP contribution in [0.3, 0.4) is 0 Å². The standard InChI is InChI=1S/C17H15NO4S/c1-3-21-17(19)14-15(11-6-8-12(20-2)9-7-11)22-16(18-14)13-5-4-10-23-13/h4-10H,3H2,1-2H3. The first-order valence-electron chi connectivity index (χ1n) is 7.09. The molecule has 0 amide bonds. The Bertz CT molecular complexity index is 791. The summed E-state index contributed by atoms with van der Waals surface area (Å²) in [6.07, 6.45) is 0. The number of methoxy groups -OCH3 is 1. The van der Waals surface area contributed by atoms with Crippen molar-refractivity contribution in [3.8, 4) is 27.8 Å². The molecule has 6 heteroatoms. The second-order valence-electron chi connectivity index (χ2n) is 4.62. The molecule has 0 unspecified atom stereocenters. The summed E-state index contributed by atoms with van der Waals surface area (Å²) in [6, 6.07) is 11.0. The van der Waals surface area contributed by atoms with Crippen LogP contribution in [0.2, 0.25) is 0 Å². The second kappa shape index (κ2) is 6.66. The number of ether oxygens (including phenoxy) is 2. The van der Waals surface area contributed by atoms with Gasteiger partial charge in [0.15, 0.2) is 11.5 Å². The van der Waals surface area contributed by atoms with E-state index in [1.165, 1.54) is 11.3 Å². The van der Waals surface area contributed by atoms with Crippen LogP contribution >= 0.6 is 11.3 Å². The van der Waals surface area contributed by atoms with Crippen LogP contribution in [0.1, 0.15) is 17.4 Å². The first kappa shape index (κ1) is 15.3. The number of aromatic nitrogens is 1. The molecule has 0 bridgehead atoms. The second-order valence-corrected chi connectivity index (χ2v) is 5.57. The average molecular weight is 329 g/mol. The van der Waals surface area contributed by atoms with Gasteiger partial charge in [0, 0.05) is 5.56 Å². The lowest BCUT2D eigenvalue weighted by molar-refractivity contribution is 0.0520. The Balaban J connectivity index is 2.07. The summed E-state index contributed by atoms with van der Waals surface area (Å²) in [5.74, 6) is 1.04. The van der Waals surface area contributed by atoms with Crippen LogP contribution in [0.4, 0.5) is 0 Å². The van der Waals surface area contributed by atoms with Gasteiger partial charge in [-0.3, -0.25) is 0 Å². The number of benzene rings is 1. The number of rotatable bonds is 5. The maximum Gasteiger partial charge on any atom is 0.361 e. The summed E-state index contributed by atoms with van der Waals surface area (Å²) in [7, 11) is 1.60. The number of thiophene rings is 1. The van der Waals surface area contributed by atoms with E-state index in [1.54, 1.807) is 26.2 Å². The smallest absolute Gasteiger partial charge is 0.361 e. The topological polar surface area (TPSA) is 61.6 Å². The molecule has 3 aromatic rings. The molecule has 5 nitrogen and oxygen atoms in total. The molecule has 0 spiro atoms. The third kappa shape index (κ3) is 3.12. The zero-order valence-corrected chi connectivity index (χ0v) is 13.6. The number of esters is 1. The molecule has 0 saturated carbocycles. The van der Waals surface area contributed by atoms with Gasteiger partial charge in [-0.15, -0.1) is 11.3 Å². The Hall–Kier alpha value is -2.60. The van der Waals surface area contributed by atoms with Crippen molar-refractivity contribution in [3.63, 3.8) is 0 Å². The SMILES string of the molecule is CCOC(=O)c1nc(-c2cccs2)oc1-c1ccc(OC)cc1. The molecule has 1 aromatic carbocycles. The minimum absolute atomic E-state index is 0.181. The fourth-order valence-electron chi connectivity index (χ4n) is 2.10. The first-order chi connectivity index (χ1) is 11.2. The van der Waals surface area contributed by atoms with Gasteiger partial charge in [-0.25, -0.2) is 9.78 Å². The Morgan fingerprint density at radius 1 is 1.26 bits per heavy atom. The van der Waals surface area contributed by atoms with Crippen LogP contribution in [0, 0.1) is 0 Å². The molecule has 0 aliphatic carbocycles. The highest BCUT2D eigenvalue weighted by Crippen LogP contribution is 2.33. The van der Waals surface area contributed by atoms with Crippen molar-refractivity contribution in [2.24, 2.45) is 0 Å². The zero-order chi connectivity index (χ0) is 16.2. The molecule has 0 fully saturated rings. The number of hydrogen-bond acceptors (Lipinski definition) is 6. The third-order valence-electron chi connectivity index (χ3n) is 3.18. The van der Waals surface area contributed by atoms with E-state index in [4.69, 9.17) is 13.9 Å². The summed E-state index contributed by atoms with van der Waals surface area (Å²) < 4.78 is 16.1. The predicted molar refractivity (Wildman–Crippen MR) is 87.8 cm³/mol. The number of carbonyl (C=O) groups is 1. The normalized spacial score (nSPS) is 10.5. The van der Waals surface area contributed by atoms with Gasteiger partial charge >= 0.3 is 5.97 Å². The van der Waals surface area contributed by atoms with Crippen molar-refractivity contribution in [1.29, 1.82) is 0 Å². The Labute approximate surface area is 137 Å².